The van der Waals surface area contributed by atoms with Crippen molar-refractivity contribution < 1.29 is 23.5 Å². The Morgan fingerprint density at radius 2 is 1.66 bits per heavy atom. The molecule has 38 heavy (non-hydrogen) atoms. The van der Waals surface area contributed by atoms with Crippen LogP contribution in [0, 0.1) is 6.92 Å². The largest absolute Gasteiger partial charge is 0.495 e. The molecule has 0 N–H and O–H groups in total. The van der Waals surface area contributed by atoms with Gasteiger partial charge in [0.25, 0.3) is 0 Å². The van der Waals surface area contributed by atoms with Gasteiger partial charge in [-0.05, 0) is 13.0 Å². The number of amides is 2. The van der Waals surface area contributed by atoms with Crippen molar-refractivity contribution in [1.29, 1.82) is 0 Å². The SMILES string of the molecule is COc1cc(OC)c(Cl)c(N(COCC[Si](C)(C)C)C(=O)N(Cc2cc(C)no2)c2cc(Cl)ncn2)c1Cl. The summed E-state index contributed by atoms with van der Waals surface area (Å²) in [5, 5.41) is 4.29. The Morgan fingerprint density at radius 1 is 1.00 bits per heavy atom. The van der Waals surface area contributed by atoms with E-state index in [1.165, 1.54) is 36.4 Å². The number of methoxy groups -OCH3 is 2. The van der Waals surface area contributed by atoms with E-state index in [1.807, 2.05) is 0 Å². The van der Waals surface area contributed by atoms with Crippen LogP contribution in [0.4, 0.5) is 16.3 Å². The summed E-state index contributed by atoms with van der Waals surface area (Å²) >= 11 is 19.5. The Labute approximate surface area is 237 Å². The fraction of sp³-hybridized carbons (Fsp3) is 0.417. The van der Waals surface area contributed by atoms with Gasteiger partial charge in [0.15, 0.2) is 5.76 Å². The van der Waals surface area contributed by atoms with Gasteiger partial charge in [-0.3, -0.25) is 9.80 Å². The van der Waals surface area contributed by atoms with Crippen molar-refractivity contribution in [3.8, 4) is 11.5 Å². The highest BCUT2D eigenvalue weighted by Gasteiger charge is 2.32. The minimum Gasteiger partial charge on any atom is -0.495 e. The van der Waals surface area contributed by atoms with Crippen LogP contribution in [0.15, 0.2) is 29.0 Å². The molecule has 0 fully saturated rings. The molecule has 1 aromatic carbocycles. The predicted molar refractivity (Wildman–Crippen MR) is 151 cm³/mol. The lowest BCUT2D eigenvalue weighted by molar-refractivity contribution is 0.148. The number of halogens is 3. The summed E-state index contributed by atoms with van der Waals surface area (Å²) < 4.78 is 22.2. The van der Waals surface area contributed by atoms with Gasteiger partial charge in [0.05, 0.1) is 32.1 Å². The molecule has 0 bridgehead atoms. The summed E-state index contributed by atoms with van der Waals surface area (Å²) in [6.45, 7) is 8.75. The first-order valence-electron chi connectivity index (χ1n) is 11.6. The molecule has 0 saturated carbocycles. The first-order valence-corrected chi connectivity index (χ1v) is 16.5. The number of ether oxygens (including phenoxy) is 3. The van der Waals surface area contributed by atoms with Gasteiger partial charge < -0.3 is 18.7 Å². The van der Waals surface area contributed by atoms with Gasteiger partial charge >= 0.3 is 6.03 Å². The van der Waals surface area contributed by atoms with E-state index in [0.717, 1.165) is 6.04 Å². The van der Waals surface area contributed by atoms with Crippen LogP contribution in [0.25, 0.3) is 0 Å². The third-order valence-electron chi connectivity index (χ3n) is 5.39. The molecule has 0 aliphatic rings. The molecule has 14 heteroatoms. The van der Waals surface area contributed by atoms with Crippen molar-refractivity contribution in [1.82, 2.24) is 15.1 Å². The number of hydrogen-bond acceptors (Lipinski definition) is 8. The summed E-state index contributed by atoms with van der Waals surface area (Å²) in [5.41, 5.74) is 0.810. The third-order valence-corrected chi connectivity index (χ3v) is 8.03. The topological polar surface area (TPSA) is 103 Å². The summed E-state index contributed by atoms with van der Waals surface area (Å²) in [6, 6.07) is 5.04. The molecule has 206 valence electrons. The zero-order valence-electron chi connectivity index (χ0n) is 22.0. The van der Waals surface area contributed by atoms with Crippen LogP contribution in [-0.4, -0.2) is 56.8 Å². The second kappa shape index (κ2) is 13.0. The molecule has 0 aliphatic heterocycles. The number of nitrogens with zero attached hydrogens (tertiary/aromatic N) is 5. The molecule has 10 nitrogen and oxygen atoms in total. The number of carbonyl (C=O) groups is 1. The minimum absolute atomic E-state index is 0.0191. The van der Waals surface area contributed by atoms with Gasteiger partial charge in [0, 0.05) is 32.9 Å². The van der Waals surface area contributed by atoms with E-state index in [0.29, 0.717) is 18.1 Å². The zero-order valence-corrected chi connectivity index (χ0v) is 25.3. The quantitative estimate of drug-likeness (QED) is 0.103. The van der Waals surface area contributed by atoms with Crippen LogP contribution in [-0.2, 0) is 11.3 Å². The van der Waals surface area contributed by atoms with E-state index in [9.17, 15) is 4.79 Å². The molecule has 0 saturated heterocycles. The highest BCUT2D eigenvalue weighted by molar-refractivity contribution is 6.76. The number of urea groups is 1. The number of hydrogen-bond donors (Lipinski definition) is 0. The average Bonchev–Trinajstić information content (AvgIpc) is 3.27. The van der Waals surface area contributed by atoms with Crippen molar-refractivity contribution in [2.75, 3.05) is 37.4 Å². The zero-order chi connectivity index (χ0) is 28.0. The number of rotatable bonds is 11. The lowest BCUT2D eigenvalue weighted by atomic mass is 10.2. The van der Waals surface area contributed by atoms with Crippen LogP contribution >= 0.6 is 34.8 Å². The van der Waals surface area contributed by atoms with Gasteiger partial charge in [-0.25, -0.2) is 14.8 Å². The van der Waals surface area contributed by atoms with Crippen LogP contribution in [0.1, 0.15) is 11.5 Å². The Balaban J connectivity index is 2.11. The maximum atomic E-state index is 14.3. The molecule has 3 aromatic rings. The Hall–Kier alpha value is -2.57. The predicted octanol–water partition coefficient (Wildman–Crippen LogP) is 6.70. The van der Waals surface area contributed by atoms with E-state index >= 15 is 0 Å². The summed E-state index contributed by atoms with van der Waals surface area (Å²) in [6.07, 6.45) is 1.26. The smallest absolute Gasteiger partial charge is 0.332 e. The first-order chi connectivity index (χ1) is 17.9. The molecule has 0 aliphatic carbocycles. The van der Waals surface area contributed by atoms with Gasteiger partial charge in [-0.1, -0.05) is 59.6 Å². The van der Waals surface area contributed by atoms with Gasteiger partial charge in [-0.2, -0.15) is 0 Å². The Bertz CT molecular complexity index is 1240. The summed E-state index contributed by atoms with van der Waals surface area (Å²) in [7, 11) is 1.51. The van der Waals surface area contributed by atoms with E-state index in [2.05, 4.69) is 34.8 Å². The van der Waals surface area contributed by atoms with E-state index in [-0.39, 0.29) is 51.5 Å². The fourth-order valence-corrected chi connectivity index (χ4v) is 4.97. The van der Waals surface area contributed by atoms with Crippen LogP contribution < -0.4 is 19.3 Å². The van der Waals surface area contributed by atoms with Crippen molar-refractivity contribution in [3.63, 3.8) is 0 Å². The average molecular weight is 603 g/mol. The number of aryl methyl sites for hydroxylation is 1. The van der Waals surface area contributed by atoms with Crippen molar-refractivity contribution in [2.24, 2.45) is 0 Å². The van der Waals surface area contributed by atoms with Gasteiger partial charge in [0.2, 0.25) is 0 Å². The lowest BCUT2D eigenvalue weighted by Crippen LogP contribution is -2.45. The normalized spacial score (nSPS) is 11.4. The molecule has 0 spiro atoms. The molecule has 0 radical (unpaired) electrons. The molecule has 2 amide bonds. The Morgan fingerprint density at radius 3 is 2.18 bits per heavy atom. The van der Waals surface area contributed by atoms with Crippen LogP contribution in [0.5, 0.6) is 11.5 Å². The van der Waals surface area contributed by atoms with E-state index < -0.39 is 14.1 Å². The van der Waals surface area contributed by atoms with Gasteiger partial charge in [-0.15, -0.1) is 0 Å². The molecule has 3 rings (SSSR count). The summed E-state index contributed by atoms with van der Waals surface area (Å²) in [5.74, 6) is 1.18. The van der Waals surface area contributed by atoms with Crippen LogP contribution in [0.2, 0.25) is 40.9 Å². The molecule has 0 atom stereocenters. The number of aromatic nitrogens is 3. The second-order valence-corrected chi connectivity index (χ2v) is 16.3. The van der Waals surface area contributed by atoms with Crippen LogP contribution in [0.3, 0.4) is 0 Å². The number of carbonyl (C=O) groups excluding carboxylic acids is 1. The highest BCUT2D eigenvalue weighted by Crippen LogP contribution is 2.46. The summed E-state index contributed by atoms with van der Waals surface area (Å²) in [4.78, 5) is 25.1. The van der Waals surface area contributed by atoms with Gasteiger partial charge in [0.1, 0.15) is 45.6 Å². The van der Waals surface area contributed by atoms with Crippen molar-refractivity contribution in [3.05, 3.63) is 51.2 Å². The molecular weight excluding hydrogens is 573 g/mol. The van der Waals surface area contributed by atoms with Crippen molar-refractivity contribution >= 4 is 60.4 Å². The van der Waals surface area contributed by atoms with E-state index in [1.54, 1.807) is 19.1 Å². The first kappa shape index (κ1) is 30.0. The minimum atomic E-state index is -1.40. The van der Waals surface area contributed by atoms with E-state index in [4.69, 9.17) is 53.5 Å². The maximum Gasteiger partial charge on any atom is 0.332 e. The molecular formula is C24H30Cl3N5O5Si. The van der Waals surface area contributed by atoms with Crippen molar-refractivity contribution in [2.45, 2.75) is 39.2 Å². The number of anilines is 2. The second-order valence-electron chi connectivity index (χ2n) is 9.54. The standard InChI is InChI=1S/C24H30Cl3N5O5Si/c1-15-9-16(37-30-15)12-31(20-11-19(25)28-13-29-20)24(33)32(14-36-7-8-38(4,5)6)23-21(26)17(34-2)10-18(35-3)22(23)27/h9-11,13H,7-8,12,14H2,1-6H3. The lowest BCUT2D eigenvalue weighted by Gasteiger charge is -2.31. The molecule has 2 aromatic heterocycles. The maximum absolute atomic E-state index is 14.3. The Kier molecular flexibility index (Phi) is 10.2. The highest BCUT2D eigenvalue weighted by atomic mass is 35.5. The number of benzene rings is 1. The monoisotopic (exact) mass is 601 g/mol. The molecule has 0 unspecified atom stereocenters. The third kappa shape index (κ3) is 7.51. The molecule has 2 heterocycles. The fourth-order valence-electron chi connectivity index (χ4n) is 3.37.